The zero-order chi connectivity index (χ0) is 31.1. The lowest BCUT2D eigenvalue weighted by atomic mass is 10.0. The lowest BCUT2D eigenvalue weighted by molar-refractivity contribution is -0.140. The van der Waals surface area contributed by atoms with Gasteiger partial charge in [0.05, 0.1) is 24.1 Å². The van der Waals surface area contributed by atoms with Crippen LogP contribution in [-0.2, 0) is 32.6 Å². The molecule has 1 aliphatic carbocycles. The highest BCUT2D eigenvalue weighted by Gasteiger charge is 2.34. The van der Waals surface area contributed by atoms with Gasteiger partial charge in [-0.2, -0.15) is 0 Å². The van der Waals surface area contributed by atoms with Crippen molar-refractivity contribution in [3.8, 4) is 5.75 Å². The van der Waals surface area contributed by atoms with Gasteiger partial charge in [-0.15, -0.1) is 0 Å². The van der Waals surface area contributed by atoms with Gasteiger partial charge in [0.1, 0.15) is 18.3 Å². The van der Waals surface area contributed by atoms with E-state index in [0.717, 1.165) is 41.8 Å². The van der Waals surface area contributed by atoms with Crippen molar-refractivity contribution >= 4 is 62.3 Å². The molecule has 230 valence electrons. The van der Waals surface area contributed by atoms with Crippen molar-refractivity contribution in [2.75, 3.05) is 24.2 Å². The minimum Gasteiger partial charge on any atom is -0.495 e. The molecular formula is C31H34Cl3N3O5S. The molecule has 0 unspecified atom stereocenters. The smallest absolute Gasteiger partial charge is 0.244 e. The first-order valence-corrected chi connectivity index (χ1v) is 16.8. The van der Waals surface area contributed by atoms with Crippen LogP contribution in [0.15, 0.2) is 66.7 Å². The molecule has 4 rings (SSSR count). The largest absolute Gasteiger partial charge is 0.495 e. The number of amides is 2. The Morgan fingerprint density at radius 1 is 0.977 bits per heavy atom. The van der Waals surface area contributed by atoms with E-state index in [-0.39, 0.29) is 35.6 Å². The number of benzene rings is 3. The van der Waals surface area contributed by atoms with E-state index in [1.165, 1.54) is 30.2 Å². The molecule has 0 spiro atoms. The number of carbonyl (C=O) groups excluding carboxylic acids is 2. The van der Waals surface area contributed by atoms with E-state index < -0.39 is 28.5 Å². The number of methoxy groups -OCH3 is 1. The maximum absolute atomic E-state index is 14.3. The number of anilines is 1. The average Bonchev–Trinajstić information content (AvgIpc) is 3.47. The van der Waals surface area contributed by atoms with Gasteiger partial charge in [-0.25, -0.2) is 8.42 Å². The molecule has 0 aromatic heterocycles. The molecule has 0 bridgehead atoms. The molecule has 1 fully saturated rings. The second-order valence-corrected chi connectivity index (χ2v) is 13.7. The highest BCUT2D eigenvalue weighted by Crippen LogP contribution is 2.31. The van der Waals surface area contributed by atoms with E-state index >= 15 is 0 Å². The van der Waals surface area contributed by atoms with Crippen molar-refractivity contribution < 1.29 is 22.7 Å². The minimum absolute atomic E-state index is 0.0100. The normalized spacial score (nSPS) is 14.3. The van der Waals surface area contributed by atoms with Crippen LogP contribution in [0.3, 0.4) is 0 Å². The van der Waals surface area contributed by atoms with Gasteiger partial charge in [-0.3, -0.25) is 13.9 Å². The fourth-order valence-electron chi connectivity index (χ4n) is 5.18. The van der Waals surface area contributed by atoms with Crippen LogP contribution in [-0.4, -0.2) is 57.1 Å². The Kier molecular flexibility index (Phi) is 11.2. The number of nitrogens with one attached hydrogen (secondary N) is 1. The summed E-state index contributed by atoms with van der Waals surface area (Å²) in [5, 5.41) is 4.06. The van der Waals surface area contributed by atoms with Crippen LogP contribution in [0.1, 0.15) is 36.8 Å². The maximum atomic E-state index is 14.3. The Labute approximate surface area is 267 Å². The van der Waals surface area contributed by atoms with Crippen molar-refractivity contribution in [3.63, 3.8) is 0 Å². The van der Waals surface area contributed by atoms with Crippen LogP contribution >= 0.6 is 34.8 Å². The Morgan fingerprint density at radius 3 is 2.28 bits per heavy atom. The lowest BCUT2D eigenvalue weighted by Crippen LogP contribution is -2.54. The zero-order valence-electron chi connectivity index (χ0n) is 23.9. The van der Waals surface area contributed by atoms with Gasteiger partial charge in [0.25, 0.3) is 0 Å². The van der Waals surface area contributed by atoms with Crippen LogP contribution in [0, 0.1) is 0 Å². The van der Waals surface area contributed by atoms with Crippen molar-refractivity contribution in [1.82, 2.24) is 10.2 Å². The van der Waals surface area contributed by atoms with Gasteiger partial charge in [-0.1, -0.05) is 84.0 Å². The van der Waals surface area contributed by atoms with Crippen molar-refractivity contribution in [3.05, 3.63) is 92.9 Å². The van der Waals surface area contributed by atoms with Gasteiger partial charge in [0.2, 0.25) is 21.8 Å². The van der Waals surface area contributed by atoms with Crippen LogP contribution < -0.4 is 14.4 Å². The van der Waals surface area contributed by atoms with Crippen molar-refractivity contribution in [2.24, 2.45) is 0 Å². The summed E-state index contributed by atoms with van der Waals surface area (Å²) in [5.41, 5.74) is 1.58. The van der Waals surface area contributed by atoms with E-state index in [1.54, 1.807) is 18.2 Å². The summed E-state index contributed by atoms with van der Waals surface area (Å²) in [4.78, 5) is 29.6. The van der Waals surface area contributed by atoms with Gasteiger partial charge < -0.3 is 15.0 Å². The fourth-order valence-corrected chi connectivity index (χ4v) is 6.74. The van der Waals surface area contributed by atoms with Crippen LogP contribution in [0.5, 0.6) is 5.75 Å². The van der Waals surface area contributed by atoms with E-state index in [4.69, 9.17) is 39.5 Å². The summed E-state index contributed by atoms with van der Waals surface area (Å²) in [6.45, 7) is -0.625. The number of ether oxygens (including phenoxy) is 1. The van der Waals surface area contributed by atoms with Crippen LogP contribution in [0.2, 0.25) is 15.1 Å². The fraction of sp³-hybridized carbons (Fsp3) is 0.355. The molecule has 0 radical (unpaired) electrons. The Hall–Kier alpha value is -2.98. The first-order valence-electron chi connectivity index (χ1n) is 13.8. The summed E-state index contributed by atoms with van der Waals surface area (Å²) < 4.78 is 32.2. The molecule has 12 heteroatoms. The van der Waals surface area contributed by atoms with Gasteiger partial charge in [-0.05, 0) is 54.3 Å². The average molecular weight is 667 g/mol. The SMILES string of the molecule is COc1ccc(N(CC(=O)N(Cc2ccc(Cl)cc2Cl)[C@@H](Cc2ccccc2)C(=O)NC2CCCC2)S(C)(=O)=O)cc1Cl. The molecule has 1 N–H and O–H groups in total. The topological polar surface area (TPSA) is 96.0 Å². The molecule has 43 heavy (non-hydrogen) atoms. The molecular weight excluding hydrogens is 633 g/mol. The molecule has 8 nitrogen and oxygen atoms in total. The first-order chi connectivity index (χ1) is 20.5. The predicted molar refractivity (Wildman–Crippen MR) is 172 cm³/mol. The Balaban J connectivity index is 1.75. The first kappa shape index (κ1) is 32.9. The van der Waals surface area contributed by atoms with Gasteiger partial charge in [0.15, 0.2) is 0 Å². The predicted octanol–water partition coefficient (Wildman–Crippen LogP) is 6.12. The number of halogens is 3. The van der Waals surface area contributed by atoms with Crippen molar-refractivity contribution in [2.45, 2.75) is 50.7 Å². The monoisotopic (exact) mass is 665 g/mol. The molecule has 3 aromatic rings. The minimum atomic E-state index is -3.95. The van der Waals surface area contributed by atoms with Crippen molar-refractivity contribution in [1.29, 1.82) is 0 Å². The zero-order valence-corrected chi connectivity index (χ0v) is 27.0. The van der Waals surface area contributed by atoms with E-state index in [2.05, 4.69) is 5.32 Å². The number of rotatable bonds is 12. The third-order valence-electron chi connectivity index (χ3n) is 7.43. The third kappa shape index (κ3) is 8.79. The molecule has 0 saturated heterocycles. The van der Waals surface area contributed by atoms with E-state index in [0.29, 0.717) is 21.4 Å². The highest BCUT2D eigenvalue weighted by atomic mass is 35.5. The molecule has 1 atom stereocenters. The summed E-state index contributed by atoms with van der Waals surface area (Å²) in [5.74, 6) is -0.547. The number of sulfonamides is 1. The summed E-state index contributed by atoms with van der Waals surface area (Å²) >= 11 is 19.0. The molecule has 2 amide bonds. The molecule has 1 saturated carbocycles. The molecule has 1 aliphatic rings. The molecule has 0 aliphatic heterocycles. The number of carbonyl (C=O) groups is 2. The second kappa shape index (κ2) is 14.7. The summed E-state index contributed by atoms with van der Waals surface area (Å²) in [6, 6.07) is 17.8. The quantitative estimate of drug-likeness (QED) is 0.251. The summed E-state index contributed by atoms with van der Waals surface area (Å²) in [6.07, 6.45) is 4.98. The Bertz CT molecular complexity index is 1550. The highest BCUT2D eigenvalue weighted by molar-refractivity contribution is 7.92. The number of hydrogen-bond donors (Lipinski definition) is 1. The van der Waals surface area contributed by atoms with E-state index in [9.17, 15) is 18.0 Å². The Morgan fingerprint density at radius 2 is 1.67 bits per heavy atom. The number of nitrogens with zero attached hydrogens (tertiary/aromatic N) is 2. The van der Waals surface area contributed by atoms with Crippen LogP contribution in [0.25, 0.3) is 0 Å². The summed E-state index contributed by atoms with van der Waals surface area (Å²) in [7, 11) is -2.50. The van der Waals surface area contributed by atoms with Gasteiger partial charge >= 0.3 is 0 Å². The molecule has 0 heterocycles. The molecule has 3 aromatic carbocycles. The van der Waals surface area contributed by atoms with Gasteiger partial charge in [0, 0.05) is 29.1 Å². The standard InChI is InChI=1S/C31H34Cl3N3O5S/c1-42-29-15-14-25(18-27(29)34)37(43(2,40)41)20-30(38)36(19-22-12-13-23(32)17-26(22)33)28(16-21-8-4-3-5-9-21)31(39)35-24-10-6-7-11-24/h3-5,8-9,12-15,17-18,24,28H,6-7,10-11,16,19-20H2,1-2H3,(H,35,39)/t28-/m0/s1. The maximum Gasteiger partial charge on any atom is 0.244 e. The van der Waals surface area contributed by atoms with Crippen LogP contribution in [0.4, 0.5) is 5.69 Å². The number of hydrogen-bond acceptors (Lipinski definition) is 5. The third-order valence-corrected chi connectivity index (χ3v) is 9.45. The lowest BCUT2D eigenvalue weighted by Gasteiger charge is -2.34. The van der Waals surface area contributed by atoms with E-state index in [1.807, 2.05) is 30.3 Å². The second-order valence-electron chi connectivity index (χ2n) is 10.5.